The molecule has 2 rings (SSSR count). The van der Waals surface area contributed by atoms with E-state index in [1.54, 1.807) is 12.7 Å². The molecule has 0 spiro atoms. The molecular formula is C15H19N3. The molecule has 0 saturated carbocycles. The van der Waals surface area contributed by atoms with Crippen LogP contribution in [0.25, 0.3) is 6.08 Å². The molecule has 3 heteroatoms. The van der Waals surface area contributed by atoms with E-state index in [4.69, 9.17) is 0 Å². The van der Waals surface area contributed by atoms with Crippen LogP contribution in [0, 0.1) is 6.92 Å². The van der Waals surface area contributed by atoms with Crippen molar-refractivity contribution in [2.24, 2.45) is 0 Å². The van der Waals surface area contributed by atoms with E-state index in [1.807, 2.05) is 4.68 Å². The van der Waals surface area contributed by atoms with E-state index in [1.165, 1.54) is 17.5 Å². The summed E-state index contributed by atoms with van der Waals surface area (Å²) >= 11 is 0. The minimum Gasteiger partial charge on any atom is -0.253 e. The van der Waals surface area contributed by atoms with Gasteiger partial charge in [-0.3, -0.25) is 4.68 Å². The van der Waals surface area contributed by atoms with Gasteiger partial charge in [-0.05, 0) is 31.7 Å². The van der Waals surface area contributed by atoms with Gasteiger partial charge in [0.25, 0.3) is 0 Å². The number of benzene rings is 1. The SMILES string of the molecule is Cc1ccc(/C=C/CCCCn2cncn2)cc1. The standard InChI is InChI=1S/C15H19N3/c1-14-7-9-15(10-8-14)6-4-2-3-5-11-18-13-16-12-17-18/h4,6-10,12-13H,2-3,5,11H2,1H3/b6-4+. The Balaban J connectivity index is 1.64. The Kier molecular flexibility index (Phi) is 4.70. The average Bonchev–Trinajstić information content (AvgIpc) is 2.89. The number of nitrogens with zero attached hydrogens (tertiary/aromatic N) is 3. The van der Waals surface area contributed by atoms with Crippen LogP contribution in [0.2, 0.25) is 0 Å². The topological polar surface area (TPSA) is 30.7 Å². The summed E-state index contributed by atoms with van der Waals surface area (Å²) < 4.78 is 1.88. The second-order valence-electron chi connectivity index (χ2n) is 4.47. The Hall–Kier alpha value is -1.90. The minimum absolute atomic E-state index is 0.957. The monoisotopic (exact) mass is 241 g/mol. The lowest BCUT2D eigenvalue weighted by Crippen LogP contribution is -1.97. The van der Waals surface area contributed by atoms with Gasteiger partial charge in [-0.25, -0.2) is 4.98 Å². The van der Waals surface area contributed by atoms with Crippen molar-refractivity contribution >= 4 is 6.08 Å². The quantitative estimate of drug-likeness (QED) is 0.725. The van der Waals surface area contributed by atoms with Gasteiger partial charge in [-0.15, -0.1) is 0 Å². The first kappa shape index (κ1) is 12.6. The van der Waals surface area contributed by atoms with E-state index in [0.717, 1.165) is 19.4 Å². The number of rotatable bonds is 6. The number of aromatic nitrogens is 3. The van der Waals surface area contributed by atoms with Crippen molar-refractivity contribution in [1.29, 1.82) is 0 Å². The number of unbranched alkanes of at least 4 members (excludes halogenated alkanes) is 2. The molecule has 0 radical (unpaired) electrons. The van der Waals surface area contributed by atoms with Gasteiger partial charge < -0.3 is 0 Å². The summed E-state index contributed by atoms with van der Waals surface area (Å²) in [5.74, 6) is 0. The van der Waals surface area contributed by atoms with Gasteiger partial charge >= 0.3 is 0 Å². The van der Waals surface area contributed by atoms with Gasteiger partial charge in [0, 0.05) is 6.54 Å². The third-order valence-electron chi connectivity index (χ3n) is 2.86. The second-order valence-corrected chi connectivity index (χ2v) is 4.47. The molecule has 0 amide bonds. The molecule has 3 nitrogen and oxygen atoms in total. The molecule has 0 aliphatic rings. The molecule has 1 aromatic heterocycles. The molecule has 2 aromatic rings. The van der Waals surface area contributed by atoms with Gasteiger partial charge in [-0.2, -0.15) is 5.10 Å². The van der Waals surface area contributed by atoms with Crippen LogP contribution < -0.4 is 0 Å². The number of aryl methyl sites for hydroxylation is 2. The Labute approximate surface area is 108 Å². The fourth-order valence-electron chi connectivity index (χ4n) is 1.78. The molecular weight excluding hydrogens is 222 g/mol. The van der Waals surface area contributed by atoms with Crippen molar-refractivity contribution in [3.05, 3.63) is 54.1 Å². The van der Waals surface area contributed by atoms with Gasteiger partial charge in [0.1, 0.15) is 12.7 Å². The summed E-state index contributed by atoms with van der Waals surface area (Å²) in [6.07, 6.45) is 11.2. The molecule has 94 valence electrons. The molecule has 0 aliphatic carbocycles. The van der Waals surface area contributed by atoms with Crippen LogP contribution in [-0.2, 0) is 6.54 Å². The summed E-state index contributed by atoms with van der Waals surface area (Å²) in [5, 5.41) is 4.08. The molecule has 0 saturated heterocycles. The maximum atomic E-state index is 4.08. The van der Waals surface area contributed by atoms with Crippen LogP contribution in [-0.4, -0.2) is 14.8 Å². The van der Waals surface area contributed by atoms with Crippen molar-refractivity contribution in [3.63, 3.8) is 0 Å². The minimum atomic E-state index is 0.957. The van der Waals surface area contributed by atoms with Gasteiger partial charge in [0.15, 0.2) is 0 Å². The highest BCUT2D eigenvalue weighted by Gasteiger charge is 1.91. The third kappa shape index (κ3) is 4.17. The molecule has 0 atom stereocenters. The van der Waals surface area contributed by atoms with Crippen LogP contribution >= 0.6 is 0 Å². The van der Waals surface area contributed by atoms with E-state index in [2.05, 4.69) is 53.4 Å². The van der Waals surface area contributed by atoms with Gasteiger partial charge in [0.05, 0.1) is 0 Å². The third-order valence-corrected chi connectivity index (χ3v) is 2.86. The smallest absolute Gasteiger partial charge is 0.137 e. The summed E-state index contributed by atoms with van der Waals surface area (Å²) in [4.78, 5) is 3.92. The van der Waals surface area contributed by atoms with E-state index in [-0.39, 0.29) is 0 Å². The van der Waals surface area contributed by atoms with Crippen LogP contribution in [0.4, 0.5) is 0 Å². The molecule has 0 bridgehead atoms. The number of hydrogen-bond acceptors (Lipinski definition) is 2. The summed E-state index contributed by atoms with van der Waals surface area (Å²) in [7, 11) is 0. The van der Waals surface area contributed by atoms with Crippen molar-refractivity contribution in [1.82, 2.24) is 14.8 Å². The van der Waals surface area contributed by atoms with E-state index >= 15 is 0 Å². The zero-order chi connectivity index (χ0) is 12.6. The van der Waals surface area contributed by atoms with Gasteiger partial charge in [-0.1, -0.05) is 42.0 Å². The fraction of sp³-hybridized carbons (Fsp3) is 0.333. The highest BCUT2D eigenvalue weighted by atomic mass is 15.3. The van der Waals surface area contributed by atoms with E-state index in [0.29, 0.717) is 0 Å². The number of allylic oxidation sites excluding steroid dienone is 1. The predicted octanol–water partition coefficient (Wildman–Crippen LogP) is 3.47. The lowest BCUT2D eigenvalue weighted by atomic mass is 10.1. The molecule has 0 unspecified atom stereocenters. The highest BCUT2D eigenvalue weighted by molar-refractivity contribution is 5.49. The Morgan fingerprint density at radius 1 is 1.17 bits per heavy atom. The first-order chi connectivity index (χ1) is 8.84. The lowest BCUT2D eigenvalue weighted by molar-refractivity contribution is 0.559. The van der Waals surface area contributed by atoms with Crippen LogP contribution in [0.1, 0.15) is 30.4 Å². The van der Waals surface area contributed by atoms with Crippen molar-refractivity contribution in [2.75, 3.05) is 0 Å². The molecule has 0 aliphatic heterocycles. The zero-order valence-electron chi connectivity index (χ0n) is 10.8. The van der Waals surface area contributed by atoms with Crippen LogP contribution in [0.15, 0.2) is 43.0 Å². The average molecular weight is 241 g/mol. The number of hydrogen-bond donors (Lipinski definition) is 0. The van der Waals surface area contributed by atoms with E-state index in [9.17, 15) is 0 Å². The molecule has 18 heavy (non-hydrogen) atoms. The first-order valence-corrected chi connectivity index (χ1v) is 6.40. The molecule has 0 N–H and O–H groups in total. The Bertz CT molecular complexity index is 469. The summed E-state index contributed by atoms with van der Waals surface area (Å²) in [5.41, 5.74) is 2.58. The first-order valence-electron chi connectivity index (χ1n) is 6.40. The van der Waals surface area contributed by atoms with Crippen LogP contribution in [0.5, 0.6) is 0 Å². The Morgan fingerprint density at radius 3 is 2.72 bits per heavy atom. The maximum absolute atomic E-state index is 4.08. The molecule has 1 aromatic carbocycles. The maximum Gasteiger partial charge on any atom is 0.137 e. The normalized spacial score (nSPS) is 11.2. The van der Waals surface area contributed by atoms with Crippen LogP contribution in [0.3, 0.4) is 0 Å². The molecule has 0 fully saturated rings. The van der Waals surface area contributed by atoms with Crippen molar-refractivity contribution in [2.45, 2.75) is 32.7 Å². The summed E-state index contributed by atoms with van der Waals surface area (Å²) in [6.45, 7) is 3.07. The Morgan fingerprint density at radius 2 is 2.00 bits per heavy atom. The lowest BCUT2D eigenvalue weighted by Gasteiger charge is -1.98. The highest BCUT2D eigenvalue weighted by Crippen LogP contribution is 2.07. The predicted molar refractivity (Wildman–Crippen MR) is 74.1 cm³/mol. The fourth-order valence-corrected chi connectivity index (χ4v) is 1.78. The van der Waals surface area contributed by atoms with Gasteiger partial charge in [0.2, 0.25) is 0 Å². The largest absolute Gasteiger partial charge is 0.253 e. The van der Waals surface area contributed by atoms with Crippen molar-refractivity contribution < 1.29 is 0 Å². The van der Waals surface area contributed by atoms with Crippen molar-refractivity contribution in [3.8, 4) is 0 Å². The van der Waals surface area contributed by atoms with E-state index < -0.39 is 0 Å². The summed E-state index contributed by atoms with van der Waals surface area (Å²) in [6, 6.07) is 8.59. The zero-order valence-corrected chi connectivity index (χ0v) is 10.8. The second kappa shape index (κ2) is 6.74. The molecule has 1 heterocycles.